The number of hydrogen-bond donors (Lipinski definition) is 1. The van der Waals surface area contributed by atoms with Crippen LogP contribution >= 0.6 is 0 Å². The SMILES string of the molecule is CCn1cc(CNC(=O)c2cn(C)nc2-c2ccco2)cn1. The predicted molar refractivity (Wildman–Crippen MR) is 80.0 cm³/mol. The van der Waals surface area contributed by atoms with E-state index in [-0.39, 0.29) is 5.91 Å². The Balaban J connectivity index is 1.75. The van der Waals surface area contributed by atoms with Gasteiger partial charge in [-0.05, 0) is 19.1 Å². The molecule has 0 saturated carbocycles. The summed E-state index contributed by atoms with van der Waals surface area (Å²) in [6, 6.07) is 3.55. The predicted octanol–water partition coefficient (Wildman–Crippen LogP) is 1.83. The molecule has 0 bridgehead atoms. The summed E-state index contributed by atoms with van der Waals surface area (Å²) in [5.41, 5.74) is 1.98. The molecule has 0 aromatic carbocycles. The lowest BCUT2D eigenvalue weighted by Crippen LogP contribution is -2.22. The summed E-state index contributed by atoms with van der Waals surface area (Å²) in [7, 11) is 1.77. The van der Waals surface area contributed by atoms with E-state index < -0.39 is 0 Å². The third-order valence-electron chi connectivity index (χ3n) is 3.29. The van der Waals surface area contributed by atoms with Crippen LogP contribution in [0.1, 0.15) is 22.8 Å². The number of nitrogens with one attached hydrogen (secondary N) is 1. The van der Waals surface area contributed by atoms with Gasteiger partial charge in [0.05, 0.1) is 18.0 Å². The monoisotopic (exact) mass is 299 g/mol. The molecule has 0 aliphatic heterocycles. The molecule has 0 aliphatic carbocycles. The number of carbonyl (C=O) groups is 1. The summed E-state index contributed by atoms with van der Waals surface area (Å²) in [5, 5.41) is 11.4. The average Bonchev–Trinajstić information content (AvgIpc) is 3.24. The summed E-state index contributed by atoms with van der Waals surface area (Å²) in [4.78, 5) is 12.4. The third-order valence-corrected chi connectivity index (χ3v) is 3.29. The zero-order valence-electron chi connectivity index (χ0n) is 12.5. The largest absolute Gasteiger partial charge is 0.463 e. The van der Waals surface area contributed by atoms with Crippen molar-refractivity contribution in [1.82, 2.24) is 24.9 Å². The van der Waals surface area contributed by atoms with Crippen molar-refractivity contribution in [2.45, 2.75) is 20.0 Å². The molecule has 0 fully saturated rings. The minimum absolute atomic E-state index is 0.191. The maximum Gasteiger partial charge on any atom is 0.255 e. The minimum atomic E-state index is -0.191. The fraction of sp³-hybridized carbons (Fsp3) is 0.267. The second-order valence-electron chi connectivity index (χ2n) is 4.93. The second-order valence-corrected chi connectivity index (χ2v) is 4.93. The first kappa shape index (κ1) is 14.1. The zero-order valence-corrected chi connectivity index (χ0v) is 12.5. The molecule has 114 valence electrons. The summed E-state index contributed by atoms with van der Waals surface area (Å²) in [6.07, 6.45) is 6.91. The Bertz CT molecular complexity index is 770. The fourth-order valence-electron chi connectivity index (χ4n) is 2.20. The van der Waals surface area contributed by atoms with Gasteiger partial charge in [0.1, 0.15) is 5.69 Å². The van der Waals surface area contributed by atoms with Crippen molar-refractivity contribution in [2.24, 2.45) is 7.05 Å². The van der Waals surface area contributed by atoms with Crippen LogP contribution in [0.15, 0.2) is 41.4 Å². The van der Waals surface area contributed by atoms with Gasteiger partial charge in [0.15, 0.2) is 5.76 Å². The van der Waals surface area contributed by atoms with E-state index >= 15 is 0 Å². The van der Waals surface area contributed by atoms with Crippen molar-refractivity contribution in [1.29, 1.82) is 0 Å². The van der Waals surface area contributed by atoms with Crippen molar-refractivity contribution in [3.8, 4) is 11.5 Å². The van der Waals surface area contributed by atoms with E-state index in [9.17, 15) is 4.79 Å². The minimum Gasteiger partial charge on any atom is -0.463 e. The molecule has 0 spiro atoms. The lowest BCUT2D eigenvalue weighted by atomic mass is 10.2. The third kappa shape index (κ3) is 2.78. The lowest BCUT2D eigenvalue weighted by molar-refractivity contribution is 0.0951. The molecule has 1 amide bonds. The summed E-state index contributed by atoms with van der Waals surface area (Å²) in [5.74, 6) is 0.383. The summed E-state index contributed by atoms with van der Waals surface area (Å²) >= 11 is 0. The van der Waals surface area contributed by atoms with E-state index in [1.165, 1.54) is 0 Å². The van der Waals surface area contributed by atoms with Crippen molar-refractivity contribution >= 4 is 5.91 Å². The number of rotatable bonds is 5. The van der Waals surface area contributed by atoms with Gasteiger partial charge in [-0.3, -0.25) is 14.2 Å². The van der Waals surface area contributed by atoms with Crippen molar-refractivity contribution in [3.63, 3.8) is 0 Å². The highest BCUT2D eigenvalue weighted by Gasteiger charge is 2.18. The van der Waals surface area contributed by atoms with Gasteiger partial charge in [-0.15, -0.1) is 0 Å². The normalized spacial score (nSPS) is 10.8. The fourth-order valence-corrected chi connectivity index (χ4v) is 2.20. The van der Waals surface area contributed by atoms with Gasteiger partial charge in [0.2, 0.25) is 0 Å². The number of nitrogens with zero attached hydrogens (tertiary/aromatic N) is 4. The van der Waals surface area contributed by atoms with Crippen LogP contribution in [0.2, 0.25) is 0 Å². The Hall–Kier alpha value is -2.83. The Morgan fingerprint density at radius 1 is 1.41 bits per heavy atom. The van der Waals surface area contributed by atoms with Crippen molar-refractivity contribution < 1.29 is 9.21 Å². The van der Waals surface area contributed by atoms with Crippen LogP contribution in [-0.2, 0) is 20.1 Å². The molecule has 7 heteroatoms. The van der Waals surface area contributed by atoms with E-state index in [0.29, 0.717) is 23.6 Å². The number of hydrogen-bond acceptors (Lipinski definition) is 4. The van der Waals surface area contributed by atoms with E-state index in [1.807, 2.05) is 17.8 Å². The van der Waals surface area contributed by atoms with E-state index in [0.717, 1.165) is 12.1 Å². The second kappa shape index (κ2) is 5.88. The van der Waals surface area contributed by atoms with Gasteiger partial charge in [0, 0.05) is 38.1 Å². The van der Waals surface area contributed by atoms with Crippen molar-refractivity contribution in [2.75, 3.05) is 0 Å². The van der Waals surface area contributed by atoms with Gasteiger partial charge in [0.25, 0.3) is 5.91 Å². The molecular formula is C15H17N5O2. The lowest BCUT2D eigenvalue weighted by Gasteiger charge is -2.02. The van der Waals surface area contributed by atoms with Crippen LogP contribution in [-0.4, -0.2) is 25.5 Å². The maximum absolute atomic E-state index is 12.4. The summed E-state index contributed by atoms with van der Waals surface area (Å²) in [6.45, 7) is 3.24. The van der Waals surface area contributed by atoms with Crippen molar-refractivity contribution in [3.05, 3.63) is 48.1 Å². The Morgan fingerprint density at radius 3 is 2.95 bits per heavy atom. The molecule has 3 aromatic heterocycles. The van der Waals surface area contributed by atoms with Gasteiger partial charge < -0.3 is 9.73 Å². The molecular weight excluding hydrogens is 282 g/mol. The van der Waals surface area contributed by atoms with Gasteiger partial charge in [-0.25, -0.2) is 0 Å². The van der Waals surface area contributed by atoms with Crippen LogP contribution in [0.25, 0.3) is 11.5 Å². The van der Waals surface area contributed by atoms with Gasteiger partial charge in [-0.2, -0.15) is 10.2 Å². The van der Waals surface area contributed by atoms with Crippen LogP contribution in [0.5, 0.6) is 0 Å². The average molecular weight is 299 g/mol. The number of carbonyl (C=O) groups excluding carboxylic acids is 1. The molecule has 0 unspecified atom stereocenters. The molecule has 0 aliphatic rings. The Kier molecular flexibility index (Phi) is 3.78. The smallest absolute Gasteiger partial charge is 0.255 e. The number of aromatic nitrogens is 4. The van der Waals surface area contributed by atoms with Crippen LogP contribution < -0.4 is 5.32 Å². The number of amides is 1. The molecule has 0 saturated heterocycles. The molecule has 3 rings (SSSR count). The first-order valence-corrected chi connectivity index (χ1v) is 7.04. The number of furan rings is 1. The van der Waals surface area contributed by atoms with Gasteiger partial charge in [-0.1, -0.05) is 0 Å². The highest BCUT2D eigenvalue weighted by Crippen LogP contribution is 2.22. The number of aryl methyl sites for hydroxylation is 2. The van der Waals surface area contributed by atoms with Gasteiger partial charge >= 0.3 is 0 Å². The van der Waals surface area contributed by atoms with E-state index in [1.54, 1.807) is 42.5 Å². The van der Waals surface area contributed by atoms with E-state index in [2.05, 4.69) is 15.5 Å². The molecule has 3 heterocycles. The standard InChI is InChI=1S/C15H17N5O2/c1-3-20-9-11(8-17-20)7-16-15(21)12-10-19(2)18-14(12)13-5-4-6-22-13/h4-6,8-10H,3,7H2,1-2H3,(H,16,21). The van der Waals surface area contributed by atoms with E-state index in [4.69, 9.17) is 4.42 Å². The molecule has 0 radical (unpaired) electrons. The topological polar surface area (TPSA) is 77.9 Å². The first-order valence-electron chi connectivity index (χ1n) is 7.04. The molecule has 0 atom stereocenters. The van der Waals surface area contributed by atoms with Crippen LogP contribution in [0.3, 0.4) is 0 Å². The highest BCUT2D eigenvalue weighted by atomic mass is 16.3. The summed E-state index contributed by atoms with van der Waals surface area (Å²) < 4.78 is 8.75. The first-order chi connectivity index (χ1) is 10.7. The molecule has 7 nitrogen and oxygen atoms in total. The highest BCUT2D eigenvalue weighted by molar-refractivity contribution is 5.99. The molecule has 3 aromatic rings. The molecule has 22 heavy (non-hydrogen) atoms. The maximum atomic E-state index is 12.4. The quantitative estimate of drug-likeness (QED) is 0.779. The Morgan fingerprint density at radius 2 is 2.27 bits per heavy atom. The Labute approximate surface area is 127 Å². The zero-order chi connectivity index (χ0) is 15.5. The molecule has 1 N–H and O–H groups in total. The van der Waals surface area contributed by atoms with Crippen LogP contribution in [0.4, 0.5) is 0 Å². The van der Waals surface area contributed by atoms with Crippen LogP contribution in [0, 0.1) is 0 Å².